The summed E-state index contributed by atoms with van der Waals surface area (Å²) in [5.74, 6) is 1.67. The van der Waals surface area contributed by atoms with Gasteiger partial charge in [0.05, 0.1) is 12.0 Å². The number of carbonyl (C=O) groups is 1. The third-order valence-corrected chi connectivity index (χ3v) is 5.10. The Balaban J connectivity index is 1.55. The van der Waals surface area contributed by atoms with E-state index in [1.54, 1.807) is 12.3 Å². The second kappa shape index (κ2) is 6.25. The molecule has 3 aromatic heterocycles. The first-order valence-corrected chi connectivity index (χ1v) is 8.80. The van der Waals surface area contributed by atoms with Gasteiger partial charge in [-0.1, -0.05) is 30.0 Å². The number of benzene rings is 1. The summed E-state index contributed by atoms with van der Waals surface area (Å²) in [7, 11) is 1.86. The van der Waals surface area contributed by atoms with E-state index < -0.39 is 0 Å². The number of carbonyl (C=O) groups excluding carboxylic acids is 1. The lowest BCUT2D eigenvalue weighted by Crippen LogP contribution is -2.05. The van der Waals surface area contributed by atoms with Crippen LogP contribution in [0.1, 0.15) is 16.1 Å². The molecule has 0 aliphatic rings. The third kappa shape index (κ3) is 2.76. The maximum absolute atomic E-state index is 12.7. The lowest BCUT2D eigenvalue weighted by atomic mass is 10.1. The molecular formula is C18H16N4O2S. The number of hydrogen-bond acceptors (Lipinski definition) is 5. The number of furan rings is 1. The van der Waals surface area contributed by atoms with E-state index >= 15 is 0 Å². The molecule has 6 nitrogen and oxygen atoms in total. The number of hydrogen-bond donors (Lipinski definition) is 1. The molecule has 0 unspecified atom stereocenters. The van der Waals surface area contributed by atoms with Crippen molar-refractivity contribution in [1.82, 2.24) is 19.7 Å². The number of fused-ring (bicyclic) bond motifs is 1. The molecule has 1 N–H and O–H groups in total. The van der Waals surface area contributed by atoms with Gasteiger partial charge in [-0.2, -0.15) is 0 Å². The molecule has 4 aromatic rings. The monoisotopic (exact) mass is 352 g/mol. The van der Waals surface area contributed by atoms with Crippen molar-refractivity contribution in [2.75, 3.05) is 5.75 Å². The minimum Gasteiger partial charge on any atom is -0.461 e. The van der Waals surface area contributed by atoms with E-state index in [1.165, 1.54) is 11.8 Å². The summed E-state index contributed by atoms with van der Waals surface area (Å²) in [6.45, 7) is 1.93. The van der Waals surface area contributed by atoms with Crippen LogP contribution in [0, 0.1) is 6.92 Å². The molecule has 0 fully saturated rings. The van der Waals surface area contributed by atoms with Gasteiger partial charge < -0.3 is 14.0 Å². The highest BCUT2D eigenvalue weighted by molar-refractivity contribution is 7.99. The summed E-state index contributed by atoms with van der Waals surface area (Å²) in [6.07, 6.45) is 1.60. The zero-order valence-corrected chi connectivity index (χ0v) is 14.6. The van der Waals surface area contributed by atoms with Gasteiger partial charge in [-0.15, -0.1) is 10.2 Å². The molecule has 126 valence electrons. The molecule has 3 heterocycles. The number of rotatable bonds is 5. The van der Waals surface area contributed by atoms with Crippen molar-refractivity contribution >= 4 is 28.4 Å². The largest absolute Gasteiger partial charge is 0.461 e. The van der Waals surface area contributed by atoms with Crippen molar-refractivity contribution in [2.45, 2.75) is 12.1 Å². The zero-order chi connectivity index (χ0) is 17.4. The van der Waals surface area contributed by atoms with E-state index in [-0.39, 0.29) is 5.78 Å². The Kier molecular flexibility index (Phi) is 3.93. The molecule has 0 bridgehead atoms. The van der Waals surface area contributed by atoms with Crippen molar-refractivity contribution in [1.29, 1.82) is 0 Å². The zero-order valence-electron chi connectivity index (χ0n) is 13.8. The molecule has 1 aromatic carbocycles. The lowest BCUT2D eigenvalue weighted by molar-refractivity contribution is 0.102. The fourth-order valence-corrected chi connectivity index (χ4v) is 3.68. The van der Waals surface area contributed by atoms with E-state index in [4.69, 9.17) is 4.42 Å². The Labute approximate surface area is 148 Å². The molecule has 0 amide bonds. The molecule has 0 radical (unpaired) electrons. The highest BCUT2D eigenvalue weighted by atomic mass is 32.2. The number of Topliss-reactive ketones (excluding diaryl/α,β-unsaturated/α-hetero) is 1. The molecule has 0 spiro atoms. The molecule has 0 atom stereocenters. The van der Waals surface area contributed by atoms with Gasteiger partial charge in [-0.05, 0) is 25.1 Å². The Morgan fingerprint density at radius 3 is 2.88 bits per heavy atom. The van der Waals surface area contributed by atoms with Crippen molar-refractivity contribution in [3.05, 3.63) is 53.9 Å². The average Bonchev–Trinajstić information content (AvgIpc) is 3.31. The van der Waals surface area contributed by atoms with E-state index in [9.17, 15) is 4.79 Å². The smallest absolute Gasteiger partial charge is 0.200 e. The van der Waals surface area contributed by atoms with E-state index in [0.29, 0.717) is 22.5 Å². The Morgan fingerprint density at radius 2 is 2.08 bits per heavy atom. The van der Waals surface area contributed by atoms with Gasteiger partial charge in [-0.25, -0.2) is 0 Å². The molecule has 0 saturated carbocycles. The normalized spacial score (nSPS) is 11.3. The summed E-state index contributed by atoms with van der Waals surface area (Å²) < 4.78 is 7.19. The van der Waals surface area contributed by atoms with Crippen LogP contribution in [0.3, 0.4) is 0 Å². The van der Waals surface area contributed by atoms with Crippen LogP contribution in [0.2, 0.25) is 0 Å². The molecule has 4 rings (SSSR count). The number of para-hydroxylation sites is 1. The van der Waals surface area contributed by atoms with Crippen LogP contribution in [-0.4, -0.2) is 31.3 Å². The number of aromatic amines is 1. The van der Waals surface area contributed by atoms with Crippen LogP contribution >= 0.6 is 11.8 Å². The van der Waals surface area contributed by atoms with Gasteiger partial charge in [0, 0.05) is 29.2 Å². The maximum Gasteiger partial charge on any atom is 0.200 e. The number of nitrogens with zero attached hydrogens (tertiary/aromatic N) is 3. The molecule has 25 heavy (non-hydrogen) atoms. The van der Waals surface area contributed by atoms with Crippen molar-refractivity contribution in [3.8, 4) is 11.6 Å². The second-order valence-electron chi connectivity index (χ2n) is 5.72. The highest BCUT2D eigenvalue weighted by Gasteiger charge is 2.18. The van der Waals surface area contributed by atoms with Gasteiger partial charge in [0.25, 0.3) is 0 Å². The number of thioether (sulfide) groups is 1. The number of aryl methyl sites for hydroxylation is 1. The maximum atomic E-state index is 12.7. The van der Waals surface area contributed by atoms with Crippen LogP contribution in [0.4, 0.5) is 0 Å². The van der Waals surface area contributed by atoms with Crippen molar-refractivity contribution < 1.29 is 9.21 Å². The highest BCUT2D eigenvalue weighted by Crippen LogP contribution is 2.26. The van der Waals surface area contributed by atoms with Gasteiger partial charge >= 0.3 is 0 Å². The SMILES string of the molecule is Cc1[nH]c2ccccc2c1C(=O)CSc1nnc(-c2ccco2)n1C. The summed E-state index contributed by atoms with van der Waals surface area (Å²) >= 11 is 1.37. The minimum atomic E-state index is 0.0718. The number of H-pyrrole nitrogens is 1. The minimum absolute atomic E-state index is 0.0718. The molecule has 0 saturated heterocycles. The topological polar surface area (TPSA) is 76.7 Å². The predicted molar refractivity (Wildman–Crippen MR) is 96.8 cm³/mol. The fourth-order valence-electron chi connectivity index (χ4n) is 2.90. The Morgan fingerprint density at radius 1 is 1.24 bits per heavy atom. The Bertz CT molecular complexity index is 1050. The summed E-state index contributed by atoms with van der Waals surface area (Å²) in [5.41, 5.74) is 2.62. The van der Waals surface area contributed by atoms with Crippen LogP contribution in [0.15, 0.2) is 52.2 Å². The summed E-state index contributed by atoms with van der Waals surface area (Å²) in [4.78, 5) is 16.0. The summed E-state index contributed by atoms with van der Waals surface area (Å²) in [6, 6.07) is 11.5. The third-order valence-electron chi connectivity index (χ3n) is 4.08. The van der Waals surface area contributed by atoms with Gasteiger partial charge in [-0.3, -0.25) is 4.79 Å². The quantitative estimate of drug-likeness (QED) is 0.436. The van der Waals surface area contributed by atoms with Crippen molar-refractivity contribution in [3.63, 3.8) is 0 Å². The van der Waals surface area contributed by atoms with Gasteiger partial charge in [0.1, 0.15) is 0 Å². The average molecular weight is 352 g/mol. The predicted octanol–water partition coefficient (Wildman–Crippen LogP) is 3.84. The van der Waals surface area contributed by atoms with Crippen LogP contribution in [-0.2, 0) is 7.05 Å². The number of ketones is 1. The van der Waals surface area contributed by atoms with Crippen LogP contribution < -0.4 is 0 Å². The first kappa shape index (κ1) is 15.7. The van der Waals surface area contributed by atoms with Crippen molar-refractivity contribution in [2.24, 2.45) is 7.05 Å². The first-order valence-electron chi connectivity index (χ1n) is 7.81. The standard InChI is InChI=1S/C18H16N4O2S/c1-11-16(12-6-3-4-7-13(12)19-11)14(23)10-25-18-21-20-17(22(18)2)15-8-5-9-24-15/h3-9,19H,10H2,1-2H3. The molecule has 0 aliphatic heterocycles. The van der Waals surface area contributed by atoms with Gasteiger partial charge in [0.2, 0.25) is 0 Å². The molecule has 7 heteroatoms. The second-order valence-corrected chi connectivity index (χ2v) is 6.67. The number of aromatic nitrogens is 4. The molecule has 0 aliphatic carbocycles. The summed E-state index contributed by atoms with van der Waals surface area (Å²) in [5, 5.41) is 9.95. The van der Waals surface area contributed by atoms with E-state index in [1.807, 2.05) is 48.9 Å². The fraction of sp³-hybridized carbons (Fsp3) is 0.167. The van der Waals surface area contributed by atoms with E-state index in [2.05, 4.69) is 15.2 Å². The molecular weight excluding hydrogens is 336 g/mol. The van der Waals surface area contributed by atoms with Crippen LogP contribution in [0.5, 0.6) is 0 Å². The number of nitrogens with one attached hydrogen (secondary N) is 1. The van der Waals surface area contributed by atoms with Crippen LogP contribution in [0.25, 0.3) is 22.5 Å². The first-order chi connectivity index (χ1) is 12.1. The van der Waals surface area contributed by atoms with Gasteiger partial charge in [0.15, 0.2) is 22.5 Å². The lowest BCUT2D eigenvalue weighted by Gasteiger charge is -2.03. The Hall–Kier alpha value is -2.80. The van der Waals surface area contributed by atoms with E-state index in [0.717, 1.165) is 22.2 Å².